The third-order valence-electron chi connectivity index (χ3n) is 5.08. The third kappa shape index (κ3) is 6.78. The van der Waals surface area contributed by atoms with Crippen molar-refractivity contribution in [2.45, 2.75) is 71.9 Å². The molecule has 0 radical (unpaired) electrons. The van der Waals surface area contributed by atoms with Gasteiger partial charge >= 0.3 is 0 Å². The summed E-state index contributed by atoms with van der Waals surface area (Å²) in [6.07, 6.45) is 2.05. The number of rotatable bonds is 6. The van der Waals surface area contributed by atoms with E-state index in [9.17, 15) is 9.59 Å². The van der Waals surface area contributed by atoms with Crippen LogP contribution in [0.1, 0.15) is 77.0 Å². The predicted octanol–water partition coefficient (Wildman–Crippen LogP) is 3.78. The number of carbonyl (C=O) groups is 2. The normalized spacial score (nSPS) is 18.0. The molecule has 1 fully saturated rings. The minimum absolute atomic E-state index is 0. The van der Waals surface area contributed by atoms with Crippen LogP contribution in [0.3, 0.4) is 0 Å². The summed E-state index contributed by atoms with van der Waals surface area (Å²) in [5, 5.41) is 2.95. The average Bonchev–Trinajstić information content (AvgIpc) is 3.08. The smallest absolute Gasteiger partial charge is 0.242 e. The van der Waals surface area contributed by atoms with E-state index in [1.807, 2.05) is 32.9 Å². The number of likely N-dealkylation sites (tertiary alicyclic amines) is 1. The molecule has 2 atom stereocenters. The number of nitrogens with one attached hydrogen (secondary N) is 1. The molecule has 1 aliphatic rings. The lowest BCUT2D eigenvalue weighted by Crippen LogP contribution is -2.47. The van der Waals surface area contributed by atoms with Gasteiger partial charge < -0.3 is 16.0 Å². The highest BCUT2D eigenvalue weighted by atomic mass is 35.5. The maximum atomic E-state index is 12.6. The molecule has 3 N–H and O–H groups in total. The fraction of sp³-hybridized carbons (Fsp3) is 0.636. The Morgan fingerprint density at radius 1 is 1.18 bits per heavy atom. The summed E-state index contributed by atoms with van der Waals surface area (Å²) in [6.45, 7) is 11.5. The molecule has 2 rings (SSSR count). The Morgan fingerprint density at radius 2 is 1.75 bits per heavy atom. The van der Waals surface area contributed by atoms with Gasteiger partial charge in [0, 0.05) is 25.6 Å². The second kappa shape index (κ2) is 10.3. The fourth-order valence-corrected chi connectivity index (χ4v) is 3.47. The van der Waals surface area contributed by atoms with Crippen molar-refractivity contribution in [3.8, 4) is 0 Å². The van der Waals surface area contributed by atoms with Crippen molar-refractivity contribution in [2.24, 2.45) is 11.1 Å². The lowest BCUT2D eigenvalue weighted by Gasteiger charge is -2.28. The van der Waals surface area contributed by atoms with E-state index in [0.717, 1.165) is 18.4 Å². The highest BCUT2D eigenvalue weighted by Crippen LogP contribution is 2.25. The van der Waals surface area contributed by atoms with Gasteiger partial charge in [0.25, 0.3) is 0 Å². The Kier molecular flexibility index (Phi) is 8.96. The number of amides is 2. The Hall–Kier alpha value is -1.59. The van der Waals surface area contributed by atoms with Gasteiger partial charge in [-0.2, -0.15) is 0 Å². The highest BCUT2D eigenvalue weighted by Gasteiger charge is 2.35. The lowest BCUT2D eigenvalue weighted by atomic mass is 9.91. The summed E-state index contributed by atoms with van der Waals surface area (Å²) in [7, 11) is 0. The summed E-state index contributed by atoms with van der Waals surface area (Å²) in [5.41, 5.74) is 8.45. The Balaban J connectivity index is 0.00000392. The molecular weight excluding hydrogens is 374 g/mol. The van der Waals surface area contributed by atoms with Gasteiger partial charge in [0.2, 0.25) is 11.8 Å². The van der Waals surface area contributed by atoms with Crippen molar-refractivity contribution in [1.82, 2.24) is 10.2 Å². The molecule has 1 heterocycles. The molecule has 0 aliphatic carbocycles. The van der Waals surface area contributed by atoms with Crippen molar-refractivity contribution in [1.29, 1.82) is 0 Å². The summed E-state index contributed by atoms with van der Waals surface area (Å²) in [6, 6.07) is 7.62. The molecule has 0 saturated carbocycles. The first-order chi connectivity index (χ1) is 12.6. The van der Waals surface area contributed by atoms with Crippen LogP contribution in [0.15, 0.2) is 24.3 Å². The molecule has 2 amide bonds. The maximum Gasteiger partial charge on any atom is 0.242 e. The van der Waals surface area contributed by atoms with E-state index in [1.165, 1.54) is 5.56 Å². The second-order valence-corrected chi connectivity index (χ2v) is 9.16. The van der Waals surface area contributed by atoms with Gasteiger partial charge in [-0.05, 0) is 35.3 Å². The van der Waals surface area contributed by atoms with Crippen LogP contribution < -0.4 is 11.1 Å². The van der Waals surface area contributed by atoms with Gasteiger partial charge in [0.05, 0.1) is 0 Å². The molecule has 0 aromatic heterocycles. The maximum absolute atomic E-state index is 12.6. The molecule has 2 unspecified atom stereocenters. The van der Waals surface area contributed by atoms with E-state index in [2.05, 4.69) is 31.3 Å². The van der Waals surface area contributed by atoms with Gasteiger partial charge in [-0.1, -0.05) is 58.9 Å². The standard InChI is InChI=1S/C22H35N3O2.ClH/c1-15(2)16-8-10-17(11-9-16)18(23)14-24-21(27)19-7-6-12-25(19)20(26)13-22(3,4)5;/h8-11,15,18-19H,6-7,12-14,23H2,1-5H3,(H,24,27);1H. The Bertz CT molecular complexity index is 653. The zero-order chi connectivity index (χ0) is 20.2. The number of nitrogens with two attached hydrogens (primary N) is 1. The molecule has 1 aliphatic heterocycles. The van der Waals surface area contributed by atoms with Crippen molar-refractivity contribution in [3.05, 3.63) is 35.4 Å². The van der Waals surface area contributed by atoms with E-state index in [-0.39, 0.29) is 41.7 Å². The molecular formula is C22H36ClN3O2. The topological polar surface area (TPSA) is 75.4 Å². The zero-order valence-corrected chi connectivity index (χ0v) is 18.6. The molecule has 1 aromatic rings. The number of hydrogen-bond donors (Lipinski definition) is 2. The average molecular weight is 410 g/mol. The van der Waals surface area contributed by atoms with Crippen LogP contribution in [0.2, 0.25) is 0 Å². The van der Waals surface area contributed by atoms with Crippen molar-refractivity contribution in [3.63, 3.8) is 0 Å². The Labute approximate surface area is 175 Å². The molecule has 6 heteroatoms. The van der Waals surface area contributed by atoms with Gasteiger partial charge in [-0.15, -0.1) is 12.4 Å². The Morgan fingerprint density at radius 3 is 2.29 bits per heavy atom. The molecule has 1 saturated heterocycles. The van der Waals surface area contributed by atoms with E-state index >= 15 is 0 Å². The predicted molar refractivity (Wildman–Crippen MR) is 117 cm³/mol. The van der Waals surface area contributed by atoms with Crippen LogP contribution in [-0.4, -0.2) is 35.8 Å². The van der Waals surface area contributed by atoms with E-state index in [0.29, 0.717) is 25.4 Å². The largest absolute Gasteiger partial charge is 0.352 e. The van der Waals surface area contributed by atoms with Crippen LogP contribution in [-0.2, 0) is 9.59 Å². The van der Waals surface area contributed by atoms with Crippen molar-refractivity contribution in [2.75, 3.05) is 13.1 Å². The van der Waals surface area contributed by atoms with Gasteiger partial charge in [-0.3, -0.25) is 9.59 Å². The second-order valence-electron chi connectivity index (χ2n) is 9.16. The lowest BCUT2D eigenvalue weighted by molar-refractivity contribution is -0.139. The van der Waals surface area contributed by atoms with Crippen molar-refractivity contribution >= 4 is 24.2 Å². The van der Waals surface area contributed by atoms with Crippen molar-refractivity contribution < 1.29 is 9.59 Å². The first-order valence-electron chi connectivity index (χ1n) is 10.0. The van der Waals surface area contributed by atoms with Gasteiger partial charge in [0.1, 0.15) is 6.04 Å². The van der Waals surface area contributed by atoms with Gasteiger partial charge in [-0.25, -0.2) is 0 Å². The molecule has 28 heavy (non-hydrogen) atoms. The monoisotopic (exact) mass is 409 g/mol. The number of hydrogen-bond acceptors (Lipinski definition) is 3. The highest BCUT2D eigenvalue weighted by molar-refractivity contribution is 5.88. The first-order valence-corrected chi connectivity index (χ1v) is 10.0. The summed E-state index contributed by atoms with van der Waals surface area (Å²) in [5.74, 6) is 0.451. The van der Waals surface area contributed by atoms with E-state index < -0.39 is 0 Å². The summed E-state index contributed by atoms with van der Waals surface area (Å²) in [4.78, 5) is 26.9. The number of benzene rings is 1. The first kappa shape index (κ1) is 24.4. The fourth-order valence-electron chi connectivity index (χ4n) is 3.47. The molecule has 0 spiro atoms. The van der Waals surface area contributed by atoms with Crippen LogP contribution >= 0.6 is 12.4 Å². The third-order valence-corrected chi connectivity index (χ3v) is 5.08. The molecule has 0 bridgehead atoms. The number of nitrogens with zero attached hydrogens (tertiary/aromatic N) is 1. The van der Waals surface area contributed by atoms with Crippen LogP contribution in [0.5, 0.6) is 0 Å². The van der Waals surface area contributed by atoms with Crippen LogP contribution in [0.25, 0.3) is 0 Å². The summed E-state index contributed by atoms with van der Waals surface area (Å²) >= 11 is 0. The molecule has 1 aromatic carbocycles. The number of carbonyl (C=O) groups excluding carboxylic acids is 2. The van der Waals surface area contributed by atoms with E-state index in [4.69, 9.17) is 5.73 Å². The molecule has 158 valence electrons. The minimum Gasteiger partial charge on any atom is -0.352 e. The van der Waals surface area contributed by atoms with E-state index in [1.54, 1.807) is 4.90 Å². The van der Waals surface area contributed by atoms with Crippen LogP contribution in [0.4, 0.5) is 0 Å². The van der Waals surface area contributed by atoms with Gasteiger partial charge in [0.15, 0.2) is 0 Å². The summed E-state index contributed by atoms with van der Waals surface area (Å²) < 4.78 is 0. The quantitative estimate of drug-likeness (QED) is 0.750. The SMILES string of the molecule is CC(C)c1ccc(C(N)CNC(=O)C2CCCN2C(=O)CC(C)(C)C)cc1.Cl. The molecule has 5 nitrogen and oxygen atoms in total. The zero-order valence-electron chi connectivity index (χ0n) is 17.8. The minimum atomic E-state index is -0.365. The van der Waals surface area contributed by atoms with Crippen LogP contribution in [0, 0.1) is 5.41 Å². The number of halogens is 1.